The molecule has 5 heteroatoms. The van der Waals surface area contributed by atoms with Crippen molar-refractivity contribution >= 4 is 23.2 Å². The highest BCUT2D eigenvalue weighted by atomic mass is 35.5. The Hall–Kier alpha value is -2.20. The molecule has 0 aliphatic carbocycles. The summed E-state index contributed by atoms with van der Waals surface area (Å²) < 4.78 is 5.41. The van der Waals surface area contributed by atoms with Gasteiger partial charge in [-0.15, -0.1) is 0 Å². The first-order valence-corrected chi connectivity index (χ1v) is 8.52. The van der Waals surface area contributed by atoms with Gasteiger partial charge in [-0.2, -0.15) is 0 Å². The van der Waals surface area contributed by atoms with E-state index in [1.54, 1.807) is 12.1 Å². The Bertz CT molecular complexity index is 634. The van der Waals surface area contributed by atoms with Crippen LogP contribution in [0.4, 0.5) is 5.69 Å². The predicted molar refractivity (Wildman–Crippen MR) is 98.9 cm³/mol. The van der Waals surface area contributed by atoms with Gasteiger partial charge in [-0.1, -0.05) is 41.9 Å². The van der Waals surface area contributed by atoms with Crippen LogP contribution in [0.25, 0.3) is 0 Å². The number of nitrogens with one attached hydrogen (secondary N) is 1. The van der Waals surface area contributed by atoms with Gasteiger partial charge in [0, 0.05) is 25.3 Å². The number of amides is 1. The van der Waals surface area contributed by atoms with Crippen molar-refractivity contribution in [3.63, 3.8) is 0 Å². The Labute approximate surface area is 148 Å². The highest BCUT2D eigenvalue weighted by Gasteiger charge is 2.06. The van der Waals surface area contributed by atoms with Crippen molar-refractivity contribution in [3.05, 3.63) is 59.6 Å². The van der Waals surface area contributed by atoms with Crippen LogP contribution in [0.15, 0.2) is 54.6 Å². The third kappa shape index (κ3) is 5.78. The average molecular weight is 347 g/mol. The molecule has 0 unspecified atom stereocenters. The summed E-state index contributed by atoms with van der Waals surface area (Å²) in [6.07, 6.45) is 0.876. The maximum absolute atomic E-state index is 11.8. The molecule has 2 rings (SSSR count). The maximum atomic E-state index is 11.8. The van der Waals surface area contributed by atoms with Crippen molar-refractivity contribution in [2.75, 3.05) is 31.1 Å². The van der Waals surface area contributed by atoms with Crippen molar-refractivity contribution in [2.24, 2.45) is 0 Å². The second kappa shape index (κ2) is 9.83. The Kier molecular flexibility index (Phi) is 7.43. The molecule has 1 N–H and O–H groups in total. The van der Waals surface area contributed by atoms with Crippen LogP contribution in [-0.4, -0.2) is 32.1 Å². The summed E-state index contributed by atoms with van der Waals surface area (Å²) in [5.74, 6) is 0.383. The van der Waals surface area contributed by atoms with E-state index in [4.69, 9.17) is 16.3 Å². The number of carbonyl (C=O) groups is 1. The van der Waals surface area contributed by atoms with Gasteiger partial charge in [0.25, 0.3) is 5.91 Å². The molecule has 0 aliphatic rings. The monoisotopic (exact) mass is 346 g/mol. The molecule has 0 heterocycles. The van der Waals surface area contributed by atoms with Gasteiger partial charge in [0.05, 0.1) is 5.02 Å². The molecule has 1 amide bonds. The molecule has 0 radical (unpaired) electrons. The zero-order valence-electron chi connectivity index (χ0n) is 13.9. The minimum absolute atomic E-state index is 0.0279. The van der Waals surface area contributed by atoms with Crippen LogP contribution >= 0.6 is 11.6 Å². The SMILES string of the molecule is CCN(CCCNC(=O)COc1ccccc1Cl)c1ccccc1. The third-order valence-corrected chi connectivity index (χ3v) is 3.94. The molecular weight excluding hydrogens is 324 g/mol. The Morgan fingerprint density at radius 1 is 1.12 bits per heavy atom. The Balaban J connectivity index is 1.66. The van der Waals surface area contributed by atoms with E-state index in [0.717, 1.165) is 19.5 Å². The normalized spacial score (nSPS) is 10.2. The van der Waals surface area contributed by atoms with E-state index >= 15 is 0 Å². The van der Waals surface area contributed by atoms with E-state index in [1.807, 2.05) is 30.3 Å². The van der Waals surface area contributed by atoms with Gasteiger partial charge in [-0.05, 0) is 37.6 Å². The lowest BCUT2D eigenvalue weighted by Crippen LogP contribution is -2.32. The summed E-state index contributed by atoms with van der Waals surface area (Å²) >= 11 is 5.98. The molecule has 0 saturated heterocycles. The summed E-state index contributed by atoms with van der Waals surface area (Å²) in [5, 5.41) is 3.38. The van der Waals surface area contributed by atoms with E-state index in [1.165, 1.54) is 5.69 Å². The van der Waals surface area contributed by atoms with Crippen molar-refractivity contribution in [1.82, 2.24) is 5.32 Å². The molecule has 2 aromatic rings. The lowest BCUT2D eigenvalue weighted by atomic mass is 10.2. The van der Waals surface area contributed by atoms with Crippen LogP contribution in [0.3, 0.4) is 0 Å². The lowest BCUT2D eigenvalue weighted by Gasteiger charge is -2.23. The largest absolute Gasteiger partial charge is 0.482 e. The van der Waals surface area contributed by atoms with Crippen LogP contribution in [0.5, 0.6) is 5.75 Å². The number of halogens is 1. The van der Waals surface area contributed by atoms with E-state index in [9.17, 15) is 4.79 Å². The molecule has 0 spiro atoms. The third-order valence-electron chi connectivity index (χ3n) is 3.63. The lowest BCUT2D eigenvalue weighted by molar-refractivity contribution is -0.123. The first-order chi connectivity index (χ1) is 11.7. The van der Waals surface area contributed by atoms with Crippen molar-refractivity contribution in [3.8, 4) is 5.75 Å². The van der Waals surface area contributed by atoms with Gasteiger partial charge in [0.15, 0.2) is 6.61 Å². The number of para-hydroxylation sites is 2. The number of nitrogens with zero attached hydrogens (tertiary/aromatic N) is 1. The molecule has 0 aliphatic heterocycles. The Morgan fingerprint density at radius 3 is 2.54 bits per heavy atom. The minimum Gasteiger partial charge on any atom is -0.482 e. The van der Waals surface area contributed by atoms with Gasteiger partial charge in [0.2, 0.25) is 0 Å². The summed E-state index contributed by atoms with van der Waals surface area (Å²) in [6, 6.07) is 17.4. The molecule has 0 bridgehead atoms. The number of hydrogen-bond donors (Lipinski definition) is 1. The summed E-state index contributed by atoms with van der Waals surface area (Å²) in [7, 11) is 0. The number of anilines is 1. The maximum Gasteiger partial charge on any atom is 0.257 e. The topological polar surface area (TPSA) is 41.6 Å². The molecule has 2 aromatic carbocycles. The van der Waals surface area contributed by atoms with Crippen molar-refractivity contribution in [2.45, 2.75) is 13.3 Å². The van der Waals surface area contributed by atoms with Crippen LogP contribution < -0.4 is 15.0 Å². The van der Waals surface area contributed by atoms with Gasteiger partial charge < -0.3 is 15.0 Å². The molecule has 0 atom stereocenters. The summed E-state index contributed by atoms with van der Waals surface area (Å²) in [4.78, 5) is 14.1. The first kappa shape index (κ1) is 18.1. The molecule has 128 valence electrons. The van der Waals surface area contributed by atoms with E-state index in [0.29, 0.717) is 17.3 Å². The standard InChI is InChI=1S/C19H23ClN2O2/c1-2-22(16-9-4-3-5-10-16)14-8-13-21-19(23)15-24-18-12-7-6-11-17(18)20/h3-7,9-12H,2,8,13-15H2,1H3,(H,21,23). The minimum atomic E-state index is -0.141. The summed E-state index contributed by atoms with van der Waals surface area (Å²) in [5.41, 5.74) is 1.20. The van der Waals surface area contributed by atoms with E-state index in [2.05, 4.69) is 29.3 Å². The van der Waals surface area contributed by atoms with Crippen molar-refractivity contribution in [1.29, 1.82) is 0 Å². The zero-order chi connectivity index (χ0) is 17.2. The van der Waals surface area contributed by atoms with E-state index in [-0.39, 0.29) is 12.5 Å². The fourth-order valence-corrected chi connectivity index (χ4v) is 2.55. The first-order valence-electron chi connectivity index (χ1n) is 8.14. The number of benzene rings is 2. The Morgan fingerprint density at radius 2 is 1.83 bits per heavy atom. The fraction of sp³-hybridized carbons (Fsp3) is 0.316. The molecule has 0 fully saturated rings. The molecule has 24 heavy (non-hydrogen) atoms. The number of hydrogen-bond acceptors (Lipinski definition) is 3. The highest BCUT2D eigenvalue weighted by Crippen LogP contribution is 2.22. The predicted octanol–water partition coefficient (Wildman–Crippen LogP) is 3.75. The van der Waals surface area contributed by atoms with Crippen molar-refractivity contribution < 1.29 is 9.53 Å². The average Bonchev–Trinajstić information content (AvgIpc) is 2.62. The number of carbonyl (C=O) groups excluding carboxylic acids is 1. The van der Waals surface area contributed by atoms with E-state index < -0.39 is 0 Å². The quantitative estimate of drug-likeness (QED) is 0.703. The van der Waals surface area contributed by atoms with Gasteiger partial charge in [-0.3, -0.25) is 4.79 Å². The van der Waals surface area contributed by atoms with Crippen LogP contribution in [0.2, 0.25) is 5.02 Å². The molecule has 0 aromatic heterocycles. The molecular formula is C19H23ClN2O2. The highest BCUT2D eigenvalue weighted by molar-refractivity contribution is 6.32. The smallest absolute Gasteiger partial charge is 0.257 e. The fourth-order valence-electron chi connectivity index (χ4n) is 2.36. The van der Waals surface area contributed by atoms with Crippen LogP contribution in [-0.2, 0) is 4.79 Å². The van der Waals surface area contributed by atoms with Gasteiger partial charge >= 0.3 is 0 Å². The molecule has 0 saturated carbocycles. The van der Waals surface area contributed by atoms with Crippen LogP contribution in [0, 0.1) is 0 Å². The van der Waals surface area contributed by atoms with Crippen LogP contribution in [0.1, 0.15) is 13.3 Å². The number of rotatable bonds is 9. The second-order valence-electron chi connectivity index (χ2n) is 5.34. The summed E-state index contributed by atoms with van der Waals surface area (Å²) in [6.45, 7) is 4.55. The number of ether oxygens (including phenoxy) is 1. The molecule has 4 nitrogen and oxygen atoms in total. The zero-order valence-corrected chi connectivity index (χ0v) is 14.6. The van der Waals surface area contributed by atoms with Gasteiger partial charge in [-0.25, -0.2) is 0 Å². The van der Waals surface area contributed by atoms with Gasteiger partial charge in [0.1, 0.15) is 5.75 Å². The second-order valence-corrected chi connectivity index (χ2v) is 5.75.